The zero-order valence-corrected chi connectivity index (χ0v) is 16.1. The zero-order chi connectivity index (χ0) is 19.4. The lowest BCUT2D eigenvalue weighted by Gasteiger charge is -2.33. The molecule has 0 aliphatic carbocycles. The predicted molar refractivity (Wildman–Crippen MR) is 101 cm³/mol. The van der Waals surface area contributed by atoms with E-state index in [1.54, 1.807) is 18.2 Å². The van der Waals surface area contributed by atoms with E-state index in [0.29, 0.717) is 23.4 Å². The van der Waals surface area contributed by atoms with Gasteiger partial charge in [0.25, 0.3) is 0 Å². The lowest BCUT2D eigenvalue weighted by atomic mass is 10.0. The van der Waals surface area contributed by atoms with Gasteiger partial charge in [-0.05, 0) is 43.2 Å². The maximum Gasteiger partial charge on any atom is 0.243 e. The third-order valence-electron chi connectivity index (χ3n) is 4.59. The monoisotopic (exact) mass is 410 g/mol. The summed E-state index contributed by atoms with van der Waals surface area (Å²) in [7, 11) is -3.82. The van der Waals surface area contributed by atoms with E-state index in [1.807, 2.05) is 0 Å². The molecule has 0 spiro atoms. The number of nitrogens with one attached hydrogen (secondary N) is 1. The minimum absolute atomic E-state index is 0.0108. The van der Waals surface area contributed by atoms with Crippen molar-refractivity contribution >= 4 is 27.5 Å². The Balaban J connectivity index is 1.77. The lowest BCUT2D eigenvalue weighted by molar-refractivity contribution is -0.125. The molecule has 1 heterocycles. The van der Waals surface area contributed by atoms with Crippen LogP contribution in [0, 0.1) is 5.82 Å². The van der Waals surface area contributed by atoms with E-state index in [1.165, 1.54) is 34.6 Å². The molecule has 1 unspecified atom stereocenters. The summed E-state index contributed by atoms with van der Waals surface area (Å²) >= 11 is 5.84. The fourth-order valence-electron chi connectivity index (χ4n) is 3.14. The van der Waals surface area contributed by atoms with E-state index in [9.17, 15) is 17.6 Å². The highest BCUT2D eigenvalue weighted by Gasteiger charge is 2.37. The van der Waals surface area contributed by atoms with Crippen molar-refractivity contribution in [1.29, 1.82) is 0 Å². The minimum Gasteiger partial charge on any atom is -0.351 e. The Labute approximate surface area is 163 Å². The van der Waals surface area contributed by atoms with Crippen LogP contribution < -0.4 is 5.32 Å². The van der Waals surface area contributed by atoms with Crippen LogP contribution in [0.5, 0.6) is 0 Å². The maximum absolute atomic E-state index is 13.7. The summed E-state index contributed by atoms with van der Waals surface area (Å²) in [6.07, 6.45) is 1.87. The van der Waals surface area contributed by atoms with Gasteiger partial charge in [-0.3, -0.25) is 4.79 Å². The molecule has 2 aromatic carbocycles. The zero-order valence-electron chi connectivity index (χ0n) is 14.6. The van der Waals surface area contributed by atoms with Crippen LogP contribution in [-0.4, -0.2) is 31.2 Å². The Bertz CT molecular complexity index is 919. The molecule has 2 aromatic rings. The van der Waals surface area contributed by atoms with Gasteiger partial charge in [-0.25, -0.2) is 12.8 Å². The Hall–Kier alpha value is -1.96. The van der Waals surface area contributed by atoms with Crippen molar-refractivity contribution in [3.63, 3.8) is 0 Å². The SMILES string of the molecule is O=C(NCc1ccccc1F)C1CCCCN1S(=O)(=O)c1ccc(Cl)cc1. The Morgan fingerprint density at radius 1 is 1.15 bits per heavy atom. The molecule has 1 amide bonds. The summed E-state index contributed by atoms with van der Waals surface area (Å²) in [6, 6.07) is 11.2. The van der Waals surface area contributed by atoms with E-state index in [4.69, 9.17) is 11.6 Å². The van der Waals surface area contributed by atoms with Crippen LogP contribution >= 0.6 is 11.6 Å². The topological polar surface area (TPSA) is 66.5 Å². The van der Waals surface area contributed by atoms with Crippen molar-refractivity contribution in [2.45, 2.75) is 36.7 Å². The number of halogens is 2. The highest BCUT2D eigenvalue weighted by molar-refractivity contribution is 7.89. The summed E-state index contributed by atoms with van der Waals surface area (Å²) in [5, 5.41) is 3.10. The second-order valence-electron chi connectivity index (χ2n) is 6.39. The predicted octanol–water partition coefficient (Wildman–Crippen LogP) is 3.34. The first-order valence-electron chi connectivity index (χ1n) is 8.68. The first kappa shape index (κ1) is 19.8. The molecule has 0 bridgehead atoms. The van der Waals surface area contributed by atoms with Crippen LogP contribution in [0.3, 0.4) is 0 Å². The average molecular weight is 411 g/mol. The van der Waals surface area contributed by atoms with Crippen LogP contribution in [0.15, 0.2) is 53.4 Å². The molecule has 1 saturated heterocycles. The molecule has 0 saturated carbocycles. The fraction of sp³-hybridized carbons (Fsp3) is 0.316. The van der Waals surface area contributed by atoms with Crippen molar-refractivity contribution in [2.75, 3.05) is 6.54 Å². The molecule has 0 radical (unpaired) electrons. The molecule has 8 heteroatoms. The van der Waals surface area contributed by atoms with Gasteiger partial charge in [0.1, 0.15) is 11.9 Å². The number of benzene rings is 2. The summed E-state index contributed by atoms with van der Waals surface area (Å²) in [4.78, 5) is 12.8. The molecule has 144 valence electrons. The second kappa shape index (κ2) is 8.37. The standard InChI is InChI=1S/C19H20ClFN2O3S/c20-15-8-10-16(11-9-15)27(25,26)23-12-4-3-7-18(23)19(24)22-13-14-5-1-2-6-17(14)21/h1-2,5-6,8-11,18H,3-4,7,12-13H2,(H,22,24). The summed E-state index contributed by atoms with van der Waals surface area (Å²) in [5.74, 6) is -0.831. The number of carbonyl (C=O) groups excluding carboxylic acids is 1. The molecule has 1 aliphatic rings. The number of amides is 1. The summed E-state index contributed by atoms with van der Waals surface area (Å²) in [6.45, 7) is 0.277. The normalized spacial score (nSPS) is 18.2. The molecule has 1 aliphatic heterocycles. The van der Waals surface area contributed by atoms with Gasteiger partial charge in [-0.2, -0.15) is 4.31 Å². The van der Waals surface area contributed by atoms with Crippen molar-refractivity contribution < 1.29 is 17.6 Å². The van der Waals surface area contributed by atoms with Crippen LogP contribution in [0.2, 0.25) is 5.02 Å². The third kappa shape index (κ3) is 4.48. The second-order valence-corrected chi connectivity index (χ2v) is 8.72. The molecular formula is C19H20ClFN2O3S. The van der Waals surface area contributed by atoms with Crippen LogP contribution in [-0.2, 0) is 21.4 Å². The summed E-state index contributed by atoms with van der Waals surface area (Å²) < 4.78 is 40.9. The largest absolute Gasteiger partial charge is 0.351 e. The van der Waals surface area contributed by atoms with Crippen molar-refractivity contribution in [1.82, 2.24) is 9.62 Å². The van der Waals surface area contributed by atoms with Gasteiger partial charge in [-0.1, -0.05) is 36.2 Å². The van der Waals surface area contributed by atoms with Crippen LogP contribution in [0.25, 0.3) is 0 Å². The smallest absolute Gasteiger partial charge is 0.243 e. The van der Waals surface area contributed by atoms with E-state index >= 15 is 0 Å². The third-order valence-corrected chi connectivity index (χ3v) is 6.76. The number of nitrogens with zero attached hydrogens (tertiary/aromatic N) is 1. The van der Waals surface area contributed by atoms with Gasteiger partial charge in [-0.15, -0.1) is 0 Å². The molecule has 5 nitrogen and oxygen atoms in total. The first-order chi connectivity index (χ1) is 12.9. The van der Waals surface area contributed by atoms with Crippen molar-refractivity contribution in [2.24, 2.45) is 0 Å². The first-order valence-corrected chi connectivity index (χ1v) is 10.5. The maximum atomic E-state index is 13.7. The van der Waals surface area contributed by atoms with Gasteiger partial charge >= 0.3 is 0 Å². The van der Waals surface area contributed by atoms with Crippen molar-refractivity contribution in [3.05, 3.63) is 64.9 Å². The van der Waals surface area contributed by atoms with Gasteiger partial charge in [0, 0.05) is 23.7 Å². The molecule has 1 N–H and O–H groups in total. The molecule has 1 fully saturated rings. The quantitative estimate of drug-likeness (QED) is 0.822. The molecule has 27 heavy (non-hydrogen) atoms. The number of hydrogen-bond donors (Lipinski definition) is 1. The molecule has 0 aromatic heterocycles. The van der Waals surface area contributed by atoms with E-state index in [0.717, 1.165) is 6.42 Å². The fourth-order valence-corrected chi connectivity index (χ4v) is 4.92. The van der Waals surface area contributed by atoms with Gasteiger partial charge in [0.2, 0.25) is 15.9 Å². The molecular weight excluding hydrogens is 391 g/mol. The highest BCUT2D eigenvalue weighted by Crippen LogP contribution is 2.26. The number of carbonyl (C=O) groups is 1. The van der Waals surface area contributed by atoms with Gasteiger partial charge in [0.15, 0.2) is 0 Å². The van der Waals surface area contributed by atoms with Gasteiger partial charge < -0.3 is 5.32 Å². The van der Waals surface area contributed by atoms with Crippen LogP contribution in [0.1, 0.15) is 24.8 Å². The van der Waals surface area contributed by atoms with Crippen molar-refractivity contribution in [3.8, 4) is 0 Å². The average Bonchev–Trinajstić information content (AvgIpc) is 2.67. The van der Waals surface area contributed by atoms with Gasteiger partial charge in [0.05, 0.1) is 4.90 Å². The Morgan fingerprint density at radius 2 is 1.85 bits per heavy atom. The Kier molecular flexibility index (Phi) is 6.14. The number of piperidine rings is 1. The number of rotatable bonds is 5. The van der Waals surface area contributed by atoms with E-state index in [-0.39, 0.29) is 18.0 Å². The number of hydrogen-bond acceptors (Lipinski definition) is 3. The highest BCUT2D eigenvalue weighted by atomic mass is 35.5. The molecule has 1 atom stereocenters. The molecule has 3 rings (SSSR count). The van der Waals surface area contributed by atoms with E-state index < -0.39 is 27.8 Å². The lowest BCUT2D eigenvalue weighted by Crippen LogP contribution is -2.51. The van der Waals surface area contributed by atoms with E-state index in [2.05, 4.69) is 5.32 Å². The van der Waals surface area contributed by atoms with Crippen LogP contribution in [0.4, 0.5) is 4.39 Å². The number of sulfonamides is 1. The minimum atomic E-state index is -3.82. The Morgan fingerprint density at radius 3 is 2.56 bits per heavy atom. The summed E-state index contributed by atoms with van der Waals surface area (Å²) in [5.41, 5.74) is 0.355.